The van der Waals surface area contributed by atoms with Gasteiger partial charge in [0.15, 0.2) is 17.2 Å². The van der Waals surface area contributed by atoms with Gasteiger partial charge in [-0.1, -0.05) is 0 Å². The molecule has 0 spiro atoms. The molecule has 1 atom stereocenters. The van der Waals surface area contributed by atoms with Gasteiger partial charge < -0.3 is 24.8 Å². The number of benzene rings is 1. The van der Waals surface area contributed by atoms with Gasteiger partial charge in [-0.25, -0.2) is 0 Å². The lowest BCUT2D eigenvalue weighted by atomic mass is 10.1. The van der Waals surface area contributed by atoms with Crippen LogP contribution in [-0.4, -0.2) is 50.1 Å². The highest BCUT2D eigenvalue weighted by Crippen LogP contribution is 2.42. The van der Waals surface area contributed by atoms with Gasteiger partial charge in [0.2, 0.25) is 5.75 Å². The summed E-state index contributed by atoms with van der Waals surface area (Å²) in [4.78, 5) is 12.6. The normalized spacial score (nSPS) is 16.2. The summed E-state index contributed by atoms with van der Waals surface area (Å²) in [5.74, 6) is 1.04. The molecule has 148 valence electrons. The third-order valence-corrected chi connectivity index (χ3v) is 4.44. The highest BCUT2D eigenvalue weighted by molar-refractivity contribution is 6.04. The Kier molecular flexibility index (Phi) is 7.32. The Morgan fingerprint density at radius 1 is 1.19 bits per heavy atom. The molecule has 9 heteroatoms. The molecular weight excluding hydrogens is 372 g/mol. The van der Waals surface area contributed by atoms with Crippen molar-refractivity contribution in [1.82, 2.24) is 15.1 Å². The first-order chi connectivity index (χ1) is 12.7. The van der Waals surface area contributed by atoms with E-state index in [1.54, 1.807) is 25.3 Å². The van der Waals surface area contributed by atoms with Crippen molar-refractivity contribution >= 4 is 24.0 Å². The van der Waals surface area contributed by atoms with E-state index >= 15 is 0 Å². The quantitative estimate of drug-likeness (QED) is 0.780. The molecule has 1 aromatic carbocycles. The smallest absolute Gasteiger partial charge is 0.276 e. The first-order valence-electron chi connectivity index (χ1n) is 8.54. The van der Waals surface area contributed by atoms with E-state index < -0.39 is 0 Å². The maximum atomic E-state index is 12.6. The molecule has 0 radical (unpaired) electrons. The van der Waals surface area contributed by atoms with Crippen molar-refractivity contribution in [2.75, 3.05) is 39.7 Å². The highest BCUT2D eigenvalue weighted by Gasteiger charge is 2.21. The lowest BCUT2D eigenvalue weighted by Crippen LogP contribution is -2.32. The number of hydrogen-bond donors (Lipinski definition) is 2. The molecule has 1 fully saturated rings. The number of methoxy groups -OCH3 is 3. The molecule has 8 nitrogen and oxygen atoms in total. The van der Waals surface area contributed by atoms with Gasteiger partial charge in [0, 0.05) is 12.7 Å². The minimum atomic E-state index is -0.307. The molecule has 2 N–H and O–H groups in total. The molecule has 1 unspecified atom stereocenters. The fraction of sp³-hybridized carbons (Fsp3) is 0.444. The number of carbonyl (C=O) groups excluding carboxylic acids is 1. The summed E-state index contributed by atoms with van der Waals surface area (Å²) >= 11 is 0. The zero-order valence-corrected chi connectivity index (χ0v) is 16.5. The number of piperidine rings is 1. The van der Waals surface area contributed by atoms with Gasteiger partial charge in [-0.2, -0.15) is 5.10 Å². The standard InChI is InChI=1S/C18H24N4O4.ClH/c1-24-15-7-6-13(16(25-2)17(15)26-3)20-18(23)14-8-10-22(21-14)12-5-4-9-19-11-12;/h6-8,10,12,19H,4-5,9,11H2,1-3H3,(H,20,23);1H. The van der Waals surface area contributed by atoms with Gasteiger partial charge in [-0.05, 0) is 37.6 Å². The Balaban J connectivity index is 0.00000261. The van der Waals surface area contributed by atoms with Crippen molar-refractivity contribution in [1.29, 1.82) is 0 Å². The van der Waals surface area contributed by atoms with Crippen LogP contribution in [0.4, 0.5) is 5.69 Å². The SMILES string of the molecule is COc1ccc(NC(=O)c2ccn(C3CCCNC3)n2)c(OC)c1OC.Cl. The number of carbonyl (C=O) groups is 1. The zero-order valence-electron chi connectivity index (χ0n) is 15.7. The second kappa shape index (κ2) is 9.48. The van der Waals surface area contributed by atoms with E-state index in [4.69, 9.17) is 14.2 Å². The monoisotopic (exact) mass is 396 g/mol. The lowest BCUT2D eigenvalue weighted by Gasteiger charge is -2.22. The predicted molar refractivity (Wildman–Crippen MR) is 105 cm³/mol. The Morgan fingerprint density at radius 2 is 1.96 bits per heavy atom. The van der Waals surface area contributed by atoms with E-state index in [9.17, 15) is 4.79 Å². The molecule has 0 aliphatic carbocycles. The third-order valence-electron chi connectivity index (χ3n) is 4.44. The summed E-state index contributed by atoms with van der Waals surface area (Å²) in [7, 11) is 4.58. The van der Waals surface area contributed by atoms with Crippen LogP contribution in [0.1, 0.15) is 29.4 Å². The van der Waals surface area contributed by atoms with Gasteiger partial charge in [0.25, 0.3) is 5.91 Å². The Bertz CT molecular complexity index is 775. The first-order valence-corrected chi connectivity index (χ1v) is 8.54. The molecule has 0 bridgehead atoms. The van der Waals surface area contributed by atoms with Crippen LogP contribution in [0, 0.1) is 0 Å². The van der Waals surface area contributed by atoms with Crippen molar-refractivity contribution in [3.63, 3.8) is 0 Å². The Morgan fingerprint density at radius 3 is 2.59 bits per heavy atom. The number of rotatable bonds is 6. The van der Waals surface area contributed by atoms with Crippen LogP contribution < -0.4 is 24.8 Å². The van der Waals surface area contributed by atoms with Crippen LogP contribution in [-0.2, 0) is 0 Å². The van der Waals surface area contributed by atoms with Crippen LogP contribution in [0.3, 0.4) is 0 Å². The van der Waals surface area contributed by atoms with E-state index in [1.165, 1.54) is 14.2 Å². The summed E-state index contributed by atoms with van der Waals surface area (Å²) in [6.45, 7) is 1.90. The maximum Gasteiger partial charge on any atom is 0.276 e. The largest absolute Gasteiger partial charge is 0.493 e. The zero-order chi connectivity index (χ0) is 18.5. The van der Waals surface area contributed by atoms with E-state index in [0.29, 0.717) is 28.6 Å². The summed E-state index contributed by atoms with van der Waals surface area (Å²) in [6.07, 6.45) is 4.01. The lowest BCUT2D eigenvalue weighted by molar-refractivity contribution is 0.102. The average molecular weight is 397 g/mol. The number of ether oxygens (including phenoxy) is 3. The third kappa shape index (κ3) is 4.45. The molecule has 1 amide bonds. The predicted octanol–water partition coefficient (Wildman–Crippen LogP) is 2.51. The molecule has 1 aliphatic heterocycles. The number of amides is 1. The van der Waals surface area contributed by atoms with Gasteiger partial charge in [0.05, 0.1) is 33.1 Å². The van der Waals surface area contributed by atoms with Crippen LogP contribution in [0.2, 0.25) is 0 Å². The molecule has 2 aromatic rings. The molecule has 1 aromatic heterocycles. The highest BCUT2D eigenvalue weighted by atomic mass is 35.5. The van der Waals surface area contributed by atoms with Crippen molar-refractivity contribution < 1.29 is 19.0 Å². The average Bonchev–Trinajstić information content (AvgIpc) is 3.18. The summed E-state index contributed by atoms with van der Waals surface area (Å²) in [5.41, 5.74) is 0.844. The van der Waals surface area contributed by atoms with Crippen LogP contribution >= 0.6 is 12.4 Å². The number of nitrogens with one attached hydrogen (secondary N) is 2. The van der Waals surface area contributed by atoms with E-state index in [1.807, 2.05) is 10.9 Å². The molecule has 3 rings (SSSR count). The Hall–Kier alpha value is -2.45. The number of nitrogens with zero attached hydrogens (tertiary/aromatic N) is 2. The van der Waals surface area contributed by atoms with Gasteiger partial charge in [0.1, 0.15) is 0 Å². The second-order valence-electron chi connectivity index (χ2n) is 6.02. The number of hydrogen-bond acceptors (Lipinski definition) is 6. The van der Waals surface area contributed by atoms with Gasteiger partial charge in [-0.3, -0.25) is 9.48 Å². The van der Waals surface area contributed by atoms with Gasteiger partial charge >= 0.3 is 0 Å². The number of aromatic nitrogens is 2. The number of halogens is 1. The topological polar surface area (TPSA) is 86.6 Å². The minimum absolute atomic E-state index is 0. The number of anilines is 1. The first kappa shape index (κ1) is 20.9. The van der Waals surface area contributed by atoms with Crippen LogP contribution in [0.15, 0.2) is 24.4 Å². The summed E-state index contributed by atoms with van der Waals surface area (Å²) in [6, 6.07) is 5.42. The van der Waals surface area contributed by atoms with E-state index in [0.717, 1.165) is 25.9 Å². The maximum absolute atomic E-state index is 12.6. The molecule has 2 heterocycles. The van der Waals surface area contributed by atoms with Crippen molar-refractivity contribution in [3.8, 4) is 17.2 Å². The fourth-order valence-corrected chi connectivity index (χ4v) is 3.11. The fourth-order valence-electron chi connectivity index (χ4n) is 3.11. The summed E-state index contributed by atoms with van der Waals surface area (Å²) < 4.78 is 17.8. The molecular formula is C18H25ClN4O4. The second-order valence-corrected chi connectivity index (χ2v) is 6.02. The molecule has 27 heavy (non-hydrogen) atoms. The van der Waals surface area contributed by atoms with Crippen molar-refractivity contribution in [2.45, 2.75) is 18.9 Å². The summed E-state index contributed by atoms with van der Waals surface area (Å²) in [5, 5.41) is 10.6. The van der Waals surface area contributed by atoms with E-state index in [-0.39, 0.29) is 24.4 Å². The molecule has 0 saturated carbocycles. The molecule has 1 saturated heterocycles. The minimum Gasteiger partial charge on any atom is -0.493 e. The molecule has 1 aliphatic rings. The van der Waals surface area contributed by atoms with Gasteiger partial charge in [-0.15, -0.1) is 12.4 Å². The van der Waals surface area contributed by atoms with Crippen LogP contribution in [0.25, 0.3) is 0 Å². The van der Waals surface area contributed by atoms with Crippen LogP contribution in [0.5, 0.6) is 17.2 Å². The van der Waals surface area contributed by atoms with Crippen molar-refractivity contribution in [2.24, 2.45) is 0 Å². The van der Waals surface area contributed by atoms with Crippen molar-refractivity contribution in [3.05, 3.63) is 30.1 Å². The van der Waals surface area contributed by atoms with E-state index in [2.05, 4.69) is 15.7 Å². The Labute approximate surface area is 164 Å².